The molecule has 0 aliphatic carbocycles. The molecule has 1 nitrogen and oxygen atoms in total. The number of rotatable bonds is 0. The molecule has 2 heteroatoms. The minimum Gasteiger partial charge on any atom is -0.380 e. The Labute approximate surface area is 81.3 Å². The Morgan fingerprint density at radius 2 is 2.17 bits per heavy atom. The van der Waals surface area contributed by atoms with E-state index in [0.717, 1.165) is 6.42 Å². The van der Waals surface area contributed by atoms with Crippen LogP contribution >= 0.6 is 15.9 Å². The van der Waals surface area contributed by atoms with Crippen molar-refractivity contribution < 1.29 is 0 Å². The molecule has 2 rings (SSSR count). The molecule has 1 heterocycles. The van der Waals surface area contributed by atoms with Gasteiger partial charge in [0.25, 0.3) is 0 Å². The molecule has 0 saturated carbocycles. The largest absolute Gasteiger partial charge is 0.380 e. The van der Waals surface area contributed by atoms with E-state index in [1.807, 2.05) is 0 Å². The van der Waals surface area contributed by atoms with Crippen molar-refractivity contribution in [2.75, 3.05) is 5.32 Å². The summed E-state index contributed by atoms with van der Waals surface area (Å²) >= 11 is 3.47. The molecule has 0 spiro atoms. The predicted octanol–water partition coefficient (Wildman–Crippen LogP) is 3.20. The quantitative estimate of drug-likeness (QED) is 0.716. The Morgan fingerprint density at radius 3 is 2.92 bits per heavy atom. The highest BCUT2D eigenvalue weighted by molar-refractivity contribution is 9.10. The second kappa shape index (κ2) is 2.49. The van der Waals surface area contributed by atoms with Gasteiger partial charge in [0, 0.05) is 15.7 Å². The maximum absolute atomic E-state index is 3.48. The fourth-order valence-corrected chi connectivity index (χ4v) is 2.12. The summed E-state index contributed by atoms with van der Waals surface area (Å²) in [5.74, 6) is 0. The lowest BCUT2D eigenvalue weighted by atomic mass is 10.0. The molecule has 0 atom stereocenters. The van der Waals surface area contributed by atoms with Gasteiger partial charge in [-0.1, -0.05) is 15.9 Å². The Hall–Kier alpha value is -0.500. The van der Waals surface area contributed by atoms with E-state index in [4.69, 9.17) is 0 Å². The van der Waals surface area contributed by atoms with E-state index in [1.165, 1.54) is 15.7 Å². The molecule has 1 N–H and O–H groups in total. The summed E-state index contributed by atoms with van der Waals surface area (Å²) in [5.41, 5.74) is 2.92. The van der Waals surface area contributed by atoms with E-state index in [2.05, 4.69) is 53.3 Å². The standard InChI is InChI=1S/C10H12BrN/c1-10(2)6-7-5-8(11)3-4-9(7)12-10/h3-5,12H,6H2,1-2H3. The monoisotopic (exact) mass is 225 g/mol. The van der Waals surface area contributed by atoms with Crippen molar-refractivity contribution in [3.8, 4) is 0 Å². The number of anilines is 1. The van der Waals surface area contributed by atoms with Gasteiger partial charge in [0.15, 0.2) is 0 Å². The zero-order valence-corrected chi connectivity index (χ0v) is 8.90. The lowest BCUT2D eigenvalue weighted by Crippen LogP contribution is -2.26. The summed E-state index contributed by atoms with van der Waals surface area (Å²) in [5, 5.41) is 3.48. The minimum absolute atomic E-state index is 0.225. The molecule has 1 aliphatic rings. The summed E-state index contributed by atoms with van der Waals surface area (Å²) in [6.45, 7) is 4.45. The van der Waals surface area contributed by atoms with E-state index < -0.39 is 0 Å². The smallest absolute Gasteiger partial charge is 0.0378 e. The number of hydrogen-bond donors (Lipinski definition) is 1. The lowest BCUT2D eigenvalue weighted by molar-refractivity contribution is 0.594. The summed E-state index contributed by atoms with van der Waals surface area (Å²) in [4.78, 5) is 0. The van der Waals surface area contributed by atoms with Crippen molar-refractivity contribution in [3.05, 3.63) is 28.2 Å². The fourth-order valence-electron chi connectivity index (χ4n) is 1.72. The summed E-state index contributed by atoms with van der Waals surface area (Å²) in [6, 6.07) is 6.40. The van der Waals surface area contributed by atoms with Gasteiger partial charge < -0.3 is 5.32 Å². The Morgan fingerprint density at radius 1 is 1.42 bits per heavy atom. The van der Waals surface area contributed by atoms with Crippen molar-refractivity contribution in [2.24, 2.45) is 0 Å². The number of hydrogen-bond acceptors (Lipinski definition) is 1. The topological polar surface area (TPSA) is 12.0 Å². The van der Waals surface area contributed by atoms with Crippen molar-refractivity contribution in [1.82, 2.24) is 0 Å². The van der Waals surface area contributed by atoms with Crippen LogP contribution in [0.25, 0.3) is 0 Å². The molecule has 1 aromatic carbocycles. The SMILES string of the molecule is CC1(C)Cc2cc(Br)ccc2N1. The highest BCUT2D eigenvalue weighted by Crippen LogP contribution is 2.33. The first-order chi connectivity index (χ1) is 5.57. The van der Waals surface area contributed by atoms with Crippen molar-refractivity contribution in [1.29, 1.82) is 0 Å². The van der Waals surface area contributed by atoms with E-state index >= 15 is 0 Å². The van der Waals surface area contributed by atoms with Crippen LogP contribution < -0.4 is 5.32 Å². The Kier molecular flexibility index (Phi) is 1.69. The van der Waals surface area contributed by atoms with Gasteiger partial charge in [0.2, 0.25) is 0 Å². The maximum atomic E-state index is 3.48. The first kappa shape index (κ1) is 8.11. The molecule has 0 unspecified atom stereocenters. The zero-order chi connectivity index (χ0) is 8.77. The van der Waals surface area contributed by atoms with Crippen LogP contribution in [-0.4, -0.2) is 5.54 Å². The van der Waals surface area contributed by atoms with Crippen LogP contribution in [0, 0.1) is 0 Å². The normalized spacial score (nSPS) is 18.6. The maximum Gasteiger partial charge on any atom is 0.0378 e. The van der Waals surface area contributed by atoms with Crippen molar-refractivity contribution >= 4 is 21.6 Å². The number of halogens is 1. The highest BCUT2D eigenvalue weighted by Gasteiger charge is 2.26. The van der Waals surface area contributed by atoms with Gasteiger partial charge in [-0.15, -0.1) is 0 Å². The van der Waals surface area contributed by atoms with E-state index in [1.54, 1.807) is 0 Å². The average Bonchev–Trinajstić information content (AvgIpc) is 2.21. The molecular formula is C10H12BrN. The van der Waals surface area contributed by atoms with Gasteiger partial charge in [-0.2, -0.15) is 0 Å². The molecule has 0 fully saturated rings. The third-order valence-electron chi connectivity index (χ3n) is 2.17. The molecule has 12 heavy (non-hydrogen) atoms. The second-order valence-electron chi connectivity index (χ2n) is 3.99. The Balaban J connectivity index is 2.43. The molecule has 1 aliphatic heterocycles. The van der Waals surface area contributed by atoms with Crippen LogP contribution in [0.15, 0.2) is 22.7 Å². The van der Waals surface area contributed by atoms with E-state index in [-0.39, 0.29) is 5.54 Å². The molecular weight excluding hydrogens is 214 g/mol. The van der Waals surface area contributed by atoms with Crippen LogP contribution in [0.3, 0.4) is 0 Å². The van der Waals surface area contributed by atoms with Crippen LogP contribution in [0.1, 0.15) is 19.4 Å². The lowest BCUT2D eigenvalue weighted by Gasteiger charge is -2.17. The first-order valence-corrected chi connectivity index (χ1v) is 4.93. The third-order valence-corrected chi connectivity index (χ3v) is 2.67. The second-order valence-corrected chi connectivity index (χ2v) is 4.90. The highest BCUT2D eigenvalue weighted by atomic mass is 79.9. The molecule has 0 saturated heterocycles. The number of benzene rings is 1. The third kappa shape index (κ3) is 1.36. The molecule has 0 radical (unpaired) electrons. The van der Waals surface area contributed by atoms with Crippen molar-refractivity contribution in [2.45, 2.75) is 25.8 Å². The molecule has 0 aromatic heterocycles. The van der Waals surface area contributed by atoms with E-state index in [9.17, 15) is 0 Å². The van der Waals surface area contributed by atoms with Crippen LogP contribution in [0.4, 0.5) is 5.69 Å². The molecule has 0 amide bonds. The van der Waals surface area contributed by atoms with Gasteiger partial charge in [-0.25, -0.2) is 0 Å². The zero-order valence-electron chi connectivity index (χ0n) is 7.32. The van der Waals surface area contributed by atoms with Crippen molar-refractivity contribution in [3.63, 3.8) is 0 Å². The predicted molar refractivity (Wildman–Crippen MR) is 55.5 cm³/mol. The number of fused-ring (bicyclic) bond motifs is 1. The summed E-state index contributed by atoms with van der Waals surface area (Å²) < 4.78 is 1.17. The van der Waals surface area contributed by atoms with Gasteiger partial charge in [-0.05, 0) is 44.0 Å². The molecule has 1 aromatic rings. The van der Waals surface area contributed by atoms with E-state index in [0.29, 0.717) is 0 Å². The summed E-state index contributed by atoms with van der Waals surface area (Å²) in [6.07, 6.45) is 1.11. The number of nitrogens with one attached hydrogen (secondary N) is 1. The summed E-state index contributed by atoms with van der Waals surface area (Å²) in [7, 11) is 0. The van der Waals surface area contributed by atoms with Crippen LogP contribution in [0.5, 0.6) is 0 Å². The minimum atomic E-state index is 0.225. The van der Waals surface area contributed by atoms with Crippen LogP contribution in [0.2, 0.25) is 0 Å². The van der Waals surface area contributed by atoms with Gasteiger partial charge in [-0.3, -0.25) is 0 Å². The fraction of sp³-hybridized carbons (Fsp3) is 0.400. The average molecular weight is 226 g/mol. The molecule has 0 bridgehead atoms. The van der Waals surface area contributed by atoms with Crippen LogP contribution in [-0.2, 0) is 6.42 Å². The first-order valence-electron chi connectivity index (χ1n) is 4.13. The van der Waals surface area contributed by atoms with Gasteiger partial charge >= 0.3 is 0 Å². The van der Waals surface area contributed by atoms with Gasteiger partial charge in [0.1, 0.15) is 0 Å². The molecule has 64 valence electrons. The Bertz CT molecular complexity index is 318. The van der Waals surface area contributed by atoms with Gasteiger partial charge in [0.05, 0.1) is 0 Å².